The average Bonchev–Trinajstić information content (AvgIpc) is 3.33. The molecule has 1 N–H and O–H groups in total. The number of ketones is 1. The zero-order chi connectivity index (χ0) is 22.7. The van der Waals surface area contributed by atoms with Crippen LogP contribution in [0, 0.1) is 0 Å². The highest BCUT2D eigenvalue weighted by Crippen LogP contribution is 2.26. The molecule has 0 radical (unpaired) electrons. The van der Waals surface area contributed by atoms with Crippen molar-refractivity contribution in [1.82, 2.24) is 4.98 Å². The molecule has 0 saturated carbocycles. The smallest absolute Gasteiger partial charge is 0.339 e. The third-order valence-corrected chi connectivity index (χ3v) is 4.92. The maximum absolute atomic E-state index is 13.0. The van der Waals surface area contributed by atoms with E-state index < -0.39 is 18.0 Å². The normalized spacial score (nSPS) is 11.7. The monoisotopic (exact) mass is 428 g/mol. The maximum Gasteiger partial charge on any atom is 0.339 e. The van der Waals surface area contributed by atoms with Gasteiger partial charge in [0, 0.05) is 16.6 Å². The van der Waals surface area contributed by atoms with Crippen LogP contribution in [0.2, 0.25) is 0 Å². The SMILES string of the molecule is CC(=O)c1ccc(NC(=O)[C@@H](C)OC(=O)c2cc(-c3ccco3)nc3ccccc23)cc1. The highest BCUT2D eigenvalue weighted by molar-refractivity contribution is 6.06. The molecule has 160 valence electrons. The molecule has 0 saturated heterocycles. The lowest BCUT2D eigenvalue weighted by Gasteiger charge is -2.15. The Balaban J connectivity index is 1.54. The Bertz CT molecular complexity index is 1290. The van der Waals surface area contributed by atoms with Gasteiger partial charge in [0.2, 0.25) is 0 Å². The average molecular weight is 428 g/mol. The highest BCUT2D eigenvalue weighted by Gasteiger charge is 2.22. The van der Waals surface area contributed by atoms with Crippen LogP contribution >= 0.6 is 0 Å². The predicted octanol–water partition coefficient (Wildman–Crippen LogP) is 4.88. The molecule has 2 aromatic carbocycles. The lowest BCUT2D eigenvalue weighted by atomic mass is 10.1. The van der Waals surface area contributed by atoms with Gasteiger partial charge in [-0.2, -0.15) is 0 Å². The van der Waals surface area contributed by atoms with E-state index >= 15 is 0 Å². The summed E-state index contributed by atoms with van der Waals surface area (Å²) in [7, 11) is 0. The van der Waals surface area contributed by atoms with E-state index in [2.05, 4.69) is 10.3 Å². The van der Waals surface area contributed by atoms with Gasteiger partial charge in [0.05, 0.1) is 17.3 Å². The fraction of sp³-hybridized carbons (Fsp3) is 0.120. The Morgan fingerprint density at radius 3 is 2.44 bits per heavy atom. The molecule has 7 nitrogen and oxygen atoms in total. The lowest BCUT2D eigenvalue weighted by molar-refractivity contribution is -0.123. The number of Topliss-reactive ketones (excluding diaryl/α,β-unsaturated/α-hetero) is 1. The Kier molecular flexibility index (Phi) is 5.81. The summed E-state index contributed by atoms with van der Waals surface area (Å²) in [5.41, 5.74) is 2.42. The third kappa shape index (κ3) is 4.41. The predicted molar refractivity (Wildman–Crippen MR) is 119 cm³/mol. The van der Waals surface area contributed by atoms with Gasteiger partial charge in [-0.3, -0.25) is 9.59 Å². The van der Waals surface area contributed by atoms with Crippen LogP contribution in [0.5, 0.6) is 0 Å². The minimum Gasteiger partial charge on any atom is -0.463 e. The Morgan fingerprint density at radius 2 is 1.75 bits per heavy atom. The fourth-order valence-electron chi connectivity index (χ4n) is 3.20. The number of rotatable bonds is 6. The summed E-state index contributed by atoms with van der Waals surface area (Å²) < 4.78 is 10.9. The summed E-state index contributed by atoms with van der Waals surface area (Å²) in [6.07, 6.45) is 0.480. The molecule has 0 unspecified atom stereocenters. The number of hydrogen-bond acceptors (Lipinski definition) is 6. The highest BCUT2D eigenvalue weighted by atomic mass is 16.5. The first-order chi connectivity index (χ1) is 15.4. The summed E-state index contributed by atoms with van der Waals surface area (Å²) in [5.74, 6) is -0.683. The van der Waals surface area contributed by atoms with Crippen LogP contribution in [0.4, 0.5) is 5.69 Å². The molecule has 0 spiro atoms. The molecular weight excluding hydrogens is 408 g/mol. The van der Waals surface area contributed by atoms with Crippen molar-refractivity contribution in [2.75, 3.05) is 5.32 Å². The second kappa shape index (κ2) is 8.85. The summed E-state index contributed by atoms with van der Waals surface area (Å²) in [6, 6.07) is 18.7. The van der Waals surface area contributed by atoms with Gasteiger partial charge in [0.25, 0.3) is 5.91 Å². The topological polar surface area (TPSA) is 98.5 Å². The number of amides is 1. The summed E-state index contributed by atoms with van der Waals surface area (Å²) in [6.45, 7) is 2.96. The Labute approximate surface area is 184 Å². The van der Waals surface area contributed by atoms with Crippen LogP contribution in [0.25, 0.3) is 22.4 Å². The number of carbonyl (C=O) groups excluding carboxylic acids is 3. The number of esters is 1. The number of hydrogen-bond donors (Lipinski definition) is 1. The van der Waals surface area contributed by atoms with Gasteiger partial charge in [-0.15, -0.1) is 0 Å². The van der Waals surface area contributed by atoms with Crippen molar-refractivity contribution >= 4 is 34.3 Å². The van der Waals surface area contributed by atoms with E-state index in [9.17, 15) is 14.4 Å². The number of furan rings is 1. The minimum absolute atomic E-state index is 0.0660. The van der Waals surface area contributed by atoms with E-state index in [0.29, 0.717) is 33.6 Å². The minimum atomic E-state index is -1.05. The van der Waals surface area contributed by atoms with E-state index in [1.54, 1.807) is 60.7 Å². The van der Waals surface area contributed by atoms with Crippen LogP contribution in [0.15, 0.2) is 77.4 Å². The number of para-hydroxylation sites is 1. The first kappa shape index (κ1) is 21.0. The number of pyridine rings is 1. The van der Waals surface area contributed by atoms with Gasteiger partial charge in [0.1, 0.15) is 5.69 Å². The number of anilines is 1. The number of nitrogens with zero attached hydrogens (tertiary/aromatic N) is 1. The largest absolute Gasteiger partial charge is 0.463 e. The van der Waals surface area contributed by atoms with E-state index in [1.165, 1.54) is 20.1 Å². The molecule has 0 bridgehead atoms. The zero-order valence-corrected chi connectivity index (χ0v) is 17.5. The second-order valence-electron chi connectivity index (χ2n) is 7.22. The van der Waals surface area contributed by atoms with Gasteiger partial charge < -0.3 is 14.5 Å². The number of fused-ring (bicyclic) bond motifs is 1. The molecule has 32 heavy (non-hydrogen) atoms. The molecule has 0 fully saturated rings. The molecule has 1 amide bonds. The van der Waals surface area contributed by atoms with E-state index in [1.807, 2.05) is 6.07 Å². The van der Waals surface area contributed by atoms with E-state index in [0.717, 1.165) is 0 Å². The molecule has 0 aliphatic carbocycles. The zero-order valence-electron chi connectivity index (χ0n) is 17.5. The van der Waals surface area contributed by atoms with Gasteiger partial charge in [-0.1, -0.05) is 18.2 Å². The standard InChI is InChI=1S/C25H20N2O5/c1-15(28)17-9-11-18(12-10-17)26-24(29)16(2)32-25(30)20-14-22(23-8-5-13-31-23)27-21-7-4-3-6-19(20)21/h3-14,16H,1-2H3,(H,26,29)/t16-/m1/s1. The third-order valence-electron chi connectivity index (χ3n) is 4.92. The van der Waals surface area contributed by atoms with Crippen LogP contribution in [0.1, 0.15) is 34.6 Å². The number of aromatic nitrogens is 1. The summed E-state index contributed by atoms with van der Waals surface area (Å²) >= 11 is 0. The van der Waals surface area contributed by atoms with Crippen molar-refractivity contribution in [3.63, 3.8) is 0 Å². The van der Waals surface area contributed by atoms with Crippen molar-refractivity contribution in [2.45, 2.75) is 20.0 Å². The van der Waals surface area contributed by atoms with Crippen molar-refractivity contribution < 1.29 is 23.5 Å². The molecular formula is C25H20N2O5. The molecule has 0 aliphatic rings. The molecule has 2 heterocycles. The van der Waals surface area contributed by atoms with Crippen LogP contribution in [-0.4, -0.2) is 28.7 Å². The van der Waals surface area contributed by atoms with E-state index in [-0.39, 0.29) is 11.3 Å². The molecule has 2 aromatic heterocycles. The first-order valence-electron chi connectivity index (χ1n) is 9.99. The fourth-order valence-corrected chi connectivity index (χ4v) is 3.20. The second-order valence-corrected chi connectivity index (χ2v) is 7.22. The van der Waals surface area contributed by atoms with Crippen LogP contribution < -0.4 is 5.32 Å². The molecule has 4 rings (SSSR count). The number of benzene rings is 2. The van der Waals surface area contributed by atoms with Crippen molar-refractivity contribution in [2.24, 2.45) is 0 Å². The molecule has 7 heteroatoms. The van der Waals surface area contributed by atoms with Crippen molar-refractivity contribution in [1.29, 1.82) is 0 Å². The Morgan fingerprint density at radius 1 is 1.00 bits per heavy atom. The lowest BCUT2D eigenvalue weighted by Crippen LogP contribution is -2.30. The molecule has 4 aromatic rings. The Hall–Kier alpha value is -4.26. The van der Waals surface area contributed by atoms with E-state index in [4.69, 9.17) is 9.15 Å². The number of nitrogens with one attached hydrogen (secondary N) is 1. The van der Waals surface area contributed by atoms with Gasteiger partial charge in [-0.25, -0.2) is 9.78 Å². The van der Waals surface area contributed by atoms with Crippen LogP contribution in [0.3, 0.4) is 0 Å². The number of carbonyl (C=O) groups is 3. The van der Waals surface area contributed by atoms with Crippen LogP contribution in [-0.2, 0) is 9.53 Å². The first-order valence-corrected chi connectivity index (χ1v) is 9.99. The molecule has 0 aliphatic heterocycles. The van der Waals surface area contributed by atoms with Crippen molar-refractivity contribution in [3.05, 3.63) is 84.1 Å². The summed E-state index contributed by atoms with van der Waals surface area (Å²) in [5, 5.41) is 3.29. The van der Waals surface area contributed by atoms with Gasteiger partial charge in [0.15, 0.2) is 17.6 Å². The molecule has 1 atom stereocenters. The van der Waals surface area contributed by atoms with Gasteiger partial charge in [-0.05, 0) is 62.4 Å². The quantitative estimate of drug-likeness (QED) is 0.347. The maximum atomic E-state index is 13.0. The number of ether oxygens (including phenoxy) is 1. The van der Waals surface area contributed by atoms with Gasteiger partial charge >= 0.3 is 5.97 Å². The summed E-state index contributed by atoms with van der Waals surface area (Å²) in [4.78, 5) is 41.4. The van der Waals surface area contributed by atoms with Crippen molar-refractivity contribution in [3.8, 4) is 11.5 Å².